The molecule has 0 fully saturated rings. The highest BCUT2D eigenvalue weighted by atomic mass is 16.5. The van der Waals surface area contributed by atoms with Crippen molar-refractivity contribution in [2.75, 3.05) is 6.54 Å². The molecule has 2 atom stereocenters. The molecular weight excluding hydrogens is 222 g/mol. The number of nitrogens with one attached hydrogen (secondary N) is 1. The van der Waals surface area contributed by atoms with Crippen molar-refractivity contribution in [1.82, 2.24) is 5.32 Å². The fourth-order valence-electron chi connectivity index (χ4n) is 1.76. The summed E-state index contributed by atoms with van der Waals surface area (Å²) in [5.74, 6) is 0.967. The van der Waals surface area contributed by atoms with Crippen LogP contribution in [0.25, 0.3) is 0 Å². The van der Waals surface area contributed by atoms with Crippen molar-refractivity contribution >= 4 is 0 Å². The van der Waals surface area contributed by atoms with Gasteiger partial charge in [-0.05, 0) is 50.9 Å². The van der Waals surface area contributed by atoms with Crippen LogP contribution in [-0.4, -0.2) is 12.6 Å². The third kappa shape index (κ3) is 5.09. The Balaban J connectivity index is 2.48. The minimum atomic E-state index is 0.288. The summed E-state index contributed by atoms with van der Waals surface area (Å²) >= 11 is 0. The zero-order valence-electron chi connectivity index (χ0n) is 12.2. The van der Waals surface area contributed by atoms with E-state index in [1.54, 1.807) is 0 Å². The maximum absolute atomic E-state index is 5.78. The molecule has 1 aromatic carbocycles. The van der Waals surface area contributed by atoms with Gasteiger partial charge in [0.2, 0.25) is 0 Å². The van der Waals surface area contributed by atoms with E-state index in [2.05, 4.69) is 57.3 Å². The molecule has 0 aliphatic carbocycles. The predicted octanol–water partition coefficient (Wildman–Crippen LogP) is 4.31. The second-order valence-electron chi connectivity index (χ2n) is 4.94. The Bertz CT molecular complexity index is 320. The Hall–Kier alpha value is -1.02. The van der Waals surface area contributed by atoms with Crippen LogP contribution in [0.1, 0.15) is 58.6 Å². The summed E-state index contributed by atoms with van der Waals surface area (Å²) in [6, 6.07) is 8.86. The van der Waals surface area contributed by atoms with Gasteiger partial charge in [0.25, 0.3) is 0 Å². The average Bonchev–Trinajstić information content (AvgIpc) is 2.39. The Morgan fingerprint density at radius 2 is 1.78 bits per heavy atom. The van der Waals surface area contributed by atoms with Crippen molar-refractivity contribution in [2.24, 2.45) is 0 Å². The molecular formula is C16H27NO. The molecule has 0 saturated heterocycles. The summed E-state index contributed by atoms with van der Waals surface area (Å²) in [7, 11) is 0. The zero-order valence-corrected chi connectivity index (χ0v) is 12.2. The van der Waals surface area contributed by atoms with E-state index in [1.807, 2.05) is 0 Å². The first-order chi connectivity index (χ1) is 8.67. The number of unbranched alkanes of at least 4 members (excludes halogenated alkanes) is 1. The normalized spacial score (nSPS) is 14.2. The summed E-state index contributed by atoms with van der Waals surface area (Å²) in [4.78, 5) is 0. The Kier molecular flexibility index (Phi) is 6.81. The van der Waals surface area contributed by atoms with Crippen LogP contribution in [0.5, 0.6) is 5.75 Å². The van der Waals surface area contributed by atoms with E-state index in [-0.39, 0.29) is 6.10 Å². The summed E-state index contributed by atoms with van der Waals surface area (Å²) in [5.41, 5.74) is 1.32. The van der Waals surface area contributed by atoms with Gasteiger partial charge in [0, 0.05) is 6.04 Å². The molecule has 0 aliphatic heterocycles. The van der Waals surface area contributed by atoms with E-state index in [0.29, 0.717) is 6.04 Å². The van der Waals surface area contributed by atoms with Crippen molar-refractivity contribution in [1.29, 1.82) is 0 Å². The highest BCUT2D eigenvalue weighted by Gasteiger charge is 2.05. The van der Waals surface area contributed by atoms with E-state index in [9.17, 15) is 0 Å². The van der Waals surface area contributed by atoms with Gasteiger partial charge >= 0.3 is 0 Å². The van der Waals surface area contributed by atoms with E-state index in [1.165, 1.54) is 18.4 Å². The molecule has 18 heavy (non-hydrogen) atoms. The van der Waals surface area contributed by atoms with Gasteiger partial charge in [0.15, 0.2) is 0 Å². The van der Waals surface area contributed by atoms with Crippen LogP contribution in [0.2, 0.25) is 0 Å². The van der Waals surface area contributed by atoms with Crippen LogP contribution in [0.4, 0.5) is 0 Å². The predicted molar refractivity (Wildman–Crippen MR) is 78.1 cm³/mol. The minimum Gasteiger partial charge on any atom is -0.491 e. The van der Waals surface area contributed by atoms with Crippen LogP contribution in [0.3, 0.4) is 0 Å². The lowest BCUT2D eigenvalue weighted by atomic mass is 10.1. The summed E-state index contributed by atoms with van der Waals surface area (Å²) in [6.45, 7) is 9.75. The van der Waals surface area contributed by atoms with Crippen LogP contribution >= 0.6 is 0 Å². The molecule has 0 spiro atoms. The number of rotatable bonds is 8. The fraction of sp³-hybridized carbons (Fsp3) is 0.625. The van der Waals surface area contributed by atoms with E-state index >= 15 is 0 Å². The molecule has 0 saturated carbocycles. The van der Waals surface area contributed by atoms with Crippen LogP contribution in [0.15, 0.2) is 24.3 Å². The second-order valence-corrected chi connectivity index (χ2v) is 4.94. The topological polar surface area (TPSA) is 21.3 Å². The highest BCUT2D eigenvalue weighted by Crippen LogP contribution is 2.19. The van der Waals surface area contributed by atoms with Crippen molar-refractivity contribution in [2.45, 2.75) is 59.1 Å². The molecule has 1 rings (SSSR count). The molecule has 0 bridgehead atoms. The number of benzene rings is 1. The highest BCUT2D eigenvalue weighted by molar-refractivity contribution is 5.29. The van der Waals surface area contributed by atoms with Gasteiger partial charge in [0.05, 0.1) is 6.10 Å². The van der Waals surface area contributed by atoms with Gasteiger partial charge in [-0.3, -0.25) is 0 Å². The zero-order chi connectivity index (χ0) is 13.4. The monoisotopic (exact) mass is 249 g/mol. The van der Waals surface area contributed by atoms with Crippen LogP contribution < -0.4 is 10.1 Å². The molecule has 0 radical (unpaired) electrons. The molecule has 0 aromatic heterocycles. The first-order valence-corrected chi connectivity index (χ1v) is 7.17. The largest absolute Gasteiger partial charge is 0.491 e. The van der Waals surface area contributed by atoms with Crippen molar-refractivity contribution in [3.8, 4) is 5.75 Å². The Labute approximate surface area is 112 Å². The van der Waals surface area contributed by atoms with E-state index in [0.717, 1.165) is 18.7 Å². The van der Waals surface area contributed by atoms with E-state index in [4.69, 9.17) is 4.74 Å². The maximum atomic E-state index is 5.78. The van der Waals surface area contributed by atoms with Crippen molar-refractivity contribution in [3.63, 3.8) is 0 Å². The molecule has 0 heterocycles. The maximum Gasteiger partial charge on any atom is 0.119 e. The molecule has 1 aromatic rings. The lowest BCUT2D eigenvalue weighted by Crippen LogP contribution is -2.19. The van der Waals surface area contributed by atoms with Gasteiger partial charge in [0.1, 0.15) is 5.75 Å². The molecule has 102 valence electrons. The van der Waals surface area contributed by atoms with Gasteiger partial charge < -0.3 is 10.1 Å². The number of ether oxygens (including phenoxy) is 1. The second kappa shape index (κ2) is 8.15. The molecule has 2 heteroatoms. The SMILES string of the molecule is CCCCN[C@H](C)c1ccc(O[C@@H](C)CC)cc1. The van der Waals surface area contributed by atoms with Crippen LogP contribution in [0, 0.1) is 0 Å². The lowest BCUT2D eigenvalue weighted by Gasteiger charge is -2.16. The third-order valence-electron chi connectivity index (χ3n) is 3.27. The quantitative estimate of drug-likeness (QED) is 0.693. The van der Waals surface area contributed by atoms with Crippen molar-refractivity contribution < 1.29 is 4.74 Å². The summed E-state index contributed by atoms with van der Waals surface area (Å²) < 4.78 is 5.78. The first-order valence-electron chi connectivity index (χ1n) is 7.17. The fourth-order valence-corrected chi connectivity index (χ4v) is 1.76. The third-order valence-corrected chi connectivity index (χ3v) is 3.27. The van der Waals surface area contributed by atoms with Gasteiger partial charge in [-0.2, -0.15) is 0 Å². The number of hydrogen-bond acceptors (Lipinski definition) is 2. The van der Waals surface area contributed by atoms with E-state index < -0.39 is 0 Å². The molecule has 1 N–H and O–H groups in total. The summed E-state index contributed by atoms with van der Waals surface area (Å²) in [5, 5.41) is 3.53. The standard InChI is InChI=1S/C16H27NO/c1-5-7-12-17-14(4)15-8-10-16(11-9-15)18-13(3)6-2/h8-11,13-14,17H,5-7,12H2,1-4H3/t13-,14+/m0/s1. The summed E-state index contributed by atoms with van der Waals surface area (Å²) in [6.07, 6.45) is 3.80. The smallest absolute Gasteiger partial charge is 0.119 e. The molecule has 2 nitrogen and oxygen atoms in total. The molecule has 0 amide bonds. The number of hydrogen-bond donors (Lipinski definition) is 1. The minimum absolute atomic E-state index is 0.288. The van der Waals surface area contributed by atoms with Gasteiger partial charge in [-0.25, -0.2) is 0 Å². The molecule has 0 aliphatic rings. The first kappa shape index (κ1) is 15.0. The Morgan fingerprint density at radius 1 is 1.11 bits per heavy atom. The Morgan fingerprint density at radius 3 is 2.33 bits per heavy atom. The molecule has 0 unspecified atom stereocenters. The van der Waals surface area contributed by atoms with Crippen molar-refractivity contribution in [3.05, 3.63) is 29.8 Å². The van der Waals surface area contributed by atoms with Gasteiger partial charge in [-0.1, -0.05) is 32.4 Å². The van der Waals surface area contributed by atoms with Crippen LogP contribution in [-0.2, 0) is 0 Å². The average molecular weight is 249 g/mol. The lowest BCUT2D eigenvalue weighted by molar-refractivity contribution is 0.217. The van der Waals surface area contributed by atoms with Gasteiger partial charge in [-0.15, -0.1) is 0 Å².